The molecular formula is C17H25NO2. The Morgan fingerprint density at radius 3 is 2.65 bits per heavy atom. The molecule has 1 aliphatic carbocycles. The molecule has 20 heavy (non-hydrogen) atoms. The second kappa shape index (κ2) is 8.08. The molecular weight excluding hydrogens is 250 g/mol. The first-order chi connectivity index (χ1) is 9.83. The van der Waals surface area contributed by atoms with Gasteiger partial charge in [-0.3, -0.25) is 0 Å². The van der Waals surface area contributed by atoms with Gasteiger partial charge in [0.05, 0.1) is 20.3 Å². The van der Waals surface area contributed by atoms with E-state index in [9.17, 15) is 0 Å². The molecule has 0 amide bonds. The number of rotatable bonds is 9. The van der Waals surface area contributed by atoms with Crippen LogP contribution in [0.5, 0.6) is 5.75 Å². The third-order valence-corrected chi connectivity index (χ3v) is 3.87. The number of ether oxygens (including phenoxy) is 2. The van der Waals surface area contributed by atoms with Crippen LogP contribution in [-0.2, 0) is 4.74 Å². The summed E-state index contributed by atoms with van der Waals surface area (Å²) in [6, 6.07) is 9.09. The lowest BCUT2D eigenvalue weighted by Crippen LogP contribution is -2.41. The van der Waals surface area contributed by atoms with Crippen LogP contribution in [0.3, 0.4) is 0 Å². The van der Waals surface area contributed by atoms with Gasteiger partial charge in [-0.25, -0.2) is 0 Å². The van der Waals surface area contributed by atoms with E-state index in [2.05, 4.69) is 24.0 Å². The fraction of sp³-hybridized carbons (Fsp3) is 0.529. The van der Waals surface area contributed by atoms with Gasteiger partial charge in [0, 0.05) is 12.6 Å². The van der Waals surface area contributed by atoms with Crippen LogP contribution in [0.15, 0.2) is 36.9 Å². The topological polar surface area (TPSA) is 30.5 Å². The van der Waals surface area contributed by atoms with Gasteiger partial charge in [-0.15, -0.1) is 6.58 Å². The Labute approximate surface area is 122 Å². The molecule has 0 saturated heterocycles. The van der Waals surface area contributed by atoms with Gasteiger partial charge >= 0.3 is 0 Å². The highest BCUT2D eigenvalue weighted by atomic mass is 16.5. The average Bonchev–Trinajstić information content (AvgIpc) is 2.45. The van der Waals surface area contributed by atoms with Gasteiger partial charge in [-0.05, 0) is 42.9 Å². The molecule has 0 aromatic heterocycles. The largest absolute Gasteiger partial charge is 0.497 e. The molecule has 0 aliphatic heterocycles. The van der Waals surface area contributed by atoms with Crippen molar-refractivity contribution in [3.8, 4) is 5.75 Å². The zero-order valence-electron chi connectivity index (χ0n) is 12.3. The molecule has 0 bridgehead atoms. The highest BCUT2D eigenvalue weighted by Crippen LogP contribution is 2.37. The summed E-state index contributed by atoms with van der Waals surface area (Å²) in [7, 11) is 1.70. The molecule has 2 rings (SSSR count). The van der Waals surface area contributed by atoms with Gasteiger partial charge in [0.2, 0.25) is 0 Å². The van der Waals surface area contributed by atoms with E-state index < -0.39 is 0 Å². The highest BCUT2D eigenvalue weighted by Gasteiger charge is 2.29. The van der Waals surface area contributed by atoms with Gasteiger partial charge in [0.15, 0.2) is 0 Å². The lowest BCUT2D eigenvalue weighted by atomic mass is 9.76. The van der Waals surface area contributed by atoms with E-state index in [1.165, 1.54) is 18.4 Å². The Bertz CT molecular complexity index is 396. The fourth-order valence-electron chi connectivity index (χ4n) is 2.54. The summed E-state index contributed by atoms with van der Waals surface area (Å²) >= 11 is 0. The summed E-state index contributed by atoms with van der Waals surface area (Å²) in [5.41, 5.74) is 1.42. The lowest BCUT2D eigenvalue weighted by Gasteiger charge is -2.36. The first-order valence-corrected chi connectivity index (χ1v) is 7.39. The minimum Gasteiger partial charge on any atom is -0.497 e. The summed E-state index contributed by atoms with van der Waals surface area (Å²) in [6.45, 7) is 6.19. The molecule has 1 aliphatic rings. The molecule has 1 aromatic carbocycles. The number of hydrogen-bond acceptors (Lipinski definition) is 3. The number of benzene rings is 1. The molecule has 1 saturated carbocycles. The Balaban J connectivity index is 1.58. The smallest absolute Gasteiger partial charge is 0.118 e. The van der Waals surface area contributed by atoms with Gasteiger partial charge in [-0.2, -0.15) is 0 Å². The van der Waals surface area contributed by atoms with Crippen molar-refractivity contribution in [2.24, 2.45) is 0 Å². The summed E-state index contributed by atoms with van der Waals surface area (Å²) < 4.78 is 10.7. The van der Waals surface area contributed by atoms with Crippen molar-refractivity contribution in [1.82, 2.24) is 5.32 Å². The minimum absolute atomic E-state index is 0.644. The molecule has 0 unspecified atom stereocenters. The summed E-state index contributed by atoms with van der Waals surface area (Å²) in [6.07, 6.45) is 5.26. The monoisotopic (exact) mass is 275 g/mol. The van der Waals surface area contributed by atoms with Gasteiger partial charge in [0.1, 0.15) is 5.75 Å². The lowest BCUT2D eigenvalue weighted by molar-refractivity contribution is 0.133. The normalized spacial score (nSPS) is 21.2. The van der Waals surface area contributed by atoms with Crippen LogP contribution < -0.4 is 10.1 Å². The van der Waals surface area contributed by atoms with Crippen molar-refractivity contribution in [1.29, 1.82) is 0 Å². The third-order valence-electron chi connectivity index (χ3n) is 3.87. The predicted octanol–water partition coefficient (Wildman–Crippen LogP) is 3.12. The van der Waals surface area contributed by atoms with E-state index in [-0.39, 0.29) is 0 Å². The standard InChI is InChI=1S/C17H25NO2/c1-3-4-10-20-11-9-18-16-12-15(13-16)14-5-7-17(19-2)8-6-14/h3,5-8,15-16,18H,1,4,9-13H2,2H3. The number of hydrogen-bond donors (Lipinski definition) is 1. The van der Waals surface area contributed by atoms with Crippen LogP contribution in [0, 0.1) is 0 Å². The molecule has 0 atom stereocenters. The predicted molar refractivity (Wildman–Crippen MR) is 82.4 cm³/mol. The van der Waals surface area contributed by atoms with Crippen molar-refractivity contribution >= 4 is 0 Å². The highest BCUT2D eigenvalue weighted by molar-refractivity contribution is 5.30. The Hall–Kier alpha value is -1.32. The molecule has 1 N–H and O–H groups in total. The molecule has 0 heterocycles. The quantitative estimate of drug-likeness (QED) is 0.555. The van der Waals surface area contributed by atoms with Crippen LogP contribution in [0.4, 0.5) is 0 Å². The van der Waals surface area contributed by atoms with Crippen LogP contribution in [-0.4, -0.2) is 32.9 Å². The van der Waals surface area contributed by atoms with Crippen LogP contribution in [0.25, 0.3) is 0 Å². The Morgan fingerprint density at radius 1 is 1.25 bits per heavy atom. The van der Waals surface area contributed by atoms with E-state index in [1.807, 2.05) is 18.2 Å². The van der Waals surface area contributed by atoms with Gasteiger partial charge in [0.25, 0.3) is 0 Å². The second-order valence-electron chi connectivity index (χ2n) is 5.28. The van der Waals surface area contributed by atoms with Crippen molar-refractivity contribution in [2.45, 2.75) is 31.2 Å². The van der Waals surface area contributed by atoms with Crippen molar-refractivity contribution in [2.75, 3.05) is 26.9 Å². The summed E-state index contributed by atoms with van der Waals surface area (Å²) in [5, 5.41) is 3.54. The summed E-state index contributed by atoms with van der Waals surface area (Å²) in [5.74, 6) is 1.62. The molecule has 0 spiro atoms. The fourth-order valence-corrected chi connectivity index (χ4v) is 2.54. The Kier molecular flexibility index (Phi) is 6.09. The molecule has 3 heteroatoms. The maximum absolute atomic E-state index is 5.48. The van der Waals surface area contributed by atoms with E-state index in [0.717, 1.165) is 31.9 Å². The number of methoxy groups -OCH3 is 1. The third kappa shape index (κ3) is 4.36. The first-order valence-electron chi connectivity index (χ1n) is 7.39. The van der Waals surface area contributed by atoms with Crippen molar-refractivity contribution < 1.29 is 9.47 Å². The zero-order valence-corrected chi connectivity index (χ0v) is 12.3. The molecule has 3 nitrogen and oxygen atoms in total. The molecule has 110 valence electrons. The van der Waals surface area contributed by atoms with E-state index >= 15 is 0 Å². The van der Waals surface area contributed by atoms with Crippen LogP contribution in [0.1, 0.15) is 30.7 Å². The SMILES string of the molecule is C=CCCOCCNC1CC(c2ccc(OC)cc2)C1. The van der Waals surface area contributed by atoms with Gasteiger partial charge < -0.3 is 14.8 Å². The van der Waals surface area contributed by atoms with Gasteiger partial charge in [-0.1, -0.05) is 18.2 Å². The van der Waals surface area contributed by atoms with Crippen LogP contribution in [0.2, 0.25) is 0 Å². The molecule has 1 fully saturated rings. The first kappa shape index (κ1) is 15.1. The maximum Gasteiger partial charge on any atom is 0.118 e. The Morgan fingerprint density at radius 2 is 2.00 bits per heavy atom. The summed E-state index contributed by atoms with van der Waals surface area (Å²) in [4.78, 5) is 0. The maximum atomic E-state index is 5.48. The zero-order chi connectivity index (χ0) is 14.2. The van der Waals surface area contributed by atoms with Crippen molar-refractivity contribution in [3.05, 3.63) is 42.5 Å². The second-order valence-corrected chi connectivity index (χ2v) is 5.28. The van der Waals surface area contributed by atoms with E-state index in [1.54, 1.807) is 7.11 Å². The van der Waals surface area contributed by atoms with Crippen LogP contribution >= 0.6 is 0 Å². The van der Waals surface area contributed by atoms with E-state index in [4.69, 9.17) is 9.47 Å². The average molecular weight is 275 g/mol. The van der Waals surface area contributed by atoms with E-state index in [0.29, 0.717) is 12.0 Å². The minimum atomic E-state index is 0.644. The molecule has 0 radical (unpaired) electrons. The van der Waals surface area contributed by atoms with Crippen molar-refractivity contribution in [3.63, 3.8) is 0 Å². The molecule has 1 aromatic rings. The number of nitrogens with one attached hydrogen (secondary N) is 1.